The van der Waals surface area contributed by atoms with Gasteiger partial charge in [-0.2, -0.15) is 0 Å². The van der Waals surface area contributed by atoms with Crippen molar-refractivity contribution >= 4 is 17.4 Å². The third-order valence-electron chi connectivity index (χ3n) is 8.88. The molecule has 1 N–H and O–H groups in total. The average Bonchev–Trinajstić information content (AvgIpc) is 3.43. The molecule has 9 nitrogen and oxygen atoms in total. The van der Waals surface area contributed by atoms with E-state index in [1.54, 1.807) is 4.57 Å². The number of hydrogen-bond acceptors (Lipinski definition) is 8. The molecular weight excluding hydrogens is 546 g/mol. The number of fused-ring (bicyclic) bond motifs is 1. The molecule has 4 heterocycles. The molecule has 2 saturated heterocycles. The summed E-state index contributed by atoms with van der Waals surface area (Å²) in [5, 5.41) is 3.32. The maximum absolute atomic E-state index is 12.7. The molecule has 234 valence electrons. The van der Waals surface area contributed by atoms with Crippen molar-refractivity contribution in [2.75, 3.05) is 39.6 Å². The summed E-state index contributed by atoms with van der Waals surface area (Å²) >= 11 is 0. The summed E-state index contributed by atoms with van der Waals surface area (Å²) in [5.74, 6) is 1.57. The Labute approximate surface area is 255 Å². The Hall–Kier alpha value is -3.01. The number of nitrogens with zero attached hydrogens (tertiary/aromatic N) is 2. The fourth-order valence-electron chi connectivity index (χ4n) is 6.40. The van der Waals surface area contributed by atoms with Gasteiger partial charge in [-0.15, -0.1) is 0 Å². The van der Waals surface area contributed by atoms with E-state index in [9.17, 15) is 9.59 Å². The molecule has 43 heavy (non-hydrogen) atoms. The summed E-state index contributed by atoms with van der Waals surface area (Å²) in [7, 11) is 1.81. The highest BCUT2D eigenvalue weighted by Gasteiger charge is 2.29. The number of pyridine rings is 1. The molecule has 0 bridgehead atoms. The van der Waals surface area contributed by atoms with Crippen molar-refractivity contribution in [1.29, 1.82) is 0 Å². The highest BCUT2D eigenvalue weighted by Crippen LogP contribution is 2.36. The Morgan fingerprint density at radius 3 is 2.63 bits per heavy atom. The number of ether oxygens (including phenoxy) is 4. The number of carbonyl (C=O) groups excluding carboxylic acids is 1. The Morgan fingerprint density at radius 2 is 1.91 bits per heavy atom. The number of aliphatic imine (C=N–C) groups is 1. The molecule has 3 atom stereocenters. The van der Waals surface area contributed by atoms with Gasteiger partial charge in [0.2, 0.25) is 0 Å². The summed E-state index contributed by atoms with van der Waals surface area (Å²) in [5.41, 5.74) is 4.97. The zero-order valence-electron chi connectivity index (χ0n) is 26.1. The number of hydrogen-bond donors (Lipinski definition) is 1. The first kappa shape index (κ1) is 31.4. The highest BCUT2D eigenvalue weighted by atomic mass is 16.6. The van der Waals surface area contributed by atoms with Gasteiger partial charge in [0.25, 0.3) is 5.56 Å². The number of aromatic nitrogens is 1. The van der Waals surface area contributed by atoms with Crippen LogP contribution < -0.4 is 15.6 Å². The summed E-state index contributed by atoms with van der Waals surface area (Å²) < 4.78 is 24.4. The van der Waals surface area contributed by atoms with Crippen molar-refractivity contribution in [2.45, 2.75) is 71.4 Å². The van der Waals surface area contributed by atoms with Crippen molar-refractivity contribution in [3.63, 3.8) is 0 Å². The minimum Gasteiger partial charge on any atom is -0.492 e. The number of esters is 1. The minimum atomic E-state index is -0.391. The molecule has 0 spiro atoms. The molecule has 1 aromatic carbocycles. The first-order chi connectivity index (χ1) is 20.8. The molecule has 0 amide bonds. The van der Waals surface area contributed by atoms with Crippen LogP contribution in [0.3, 0.4) is 0 Å². The fourth-order valence-corrected chi connectivity index (χ4v) is 6.40. The monoisotopic (exact) mass is 593 g/mol. The number of aryl methyl sites for hydroxylation is 3. The molecule has 0 unspecified atom stereocenters. The molecule has 0 radical (unpaired) electrons. The van der Waals surface area contributed by atoms with Crippen LogP contribution in [0.4, 0.5) is 5.69 Å². The van der Waals surface area contributed by atoms with E-state index in [1.165, 1.54) is 5.56 Å². The molecular formula is C34H47N3O6. The van der Waals surface area contributed by atoms with E-state index in [-0.39, 0.29) is 23.6 Å². The van der Waals surface area contributed by atoms with Gasteiger partial charge in [-0.1, -0.05) is 13.8 Å². The molecule has 0 saturated carbocycles. The summed E-state index contributed by atoms with van der Waals surface area (Å²) in [6.07, 6.45) is 7.67. The molecule has 2 fully saturated rings. The van der Waals surface area contributed by atoms with Crippen molar-refractivity contribution < 1.29 is 23.7 Å². The van der Waals surface area contributed by atoms with Gasteiger partial charge < -0.3 is 28.8 Å². The van der Waals surface area contributed by atoms with Crippen LogP contribution in [0.2, 0.25) is 0 Å². The lowest BCUT2D eigenvalue weighted by Crippen LogP contribution is -2.45. The normalized spacial score (nSPS) is 21.7. The Bertz CT molecular complexity index is 1310. The lowest BCUT2D eigenvalue weighted by atomic mass is 9.82. The first-order valence-electron chi connectivity index (χ1n) is 15.9. The topological polar surface area (TPSA) is 100 Å². The molecule has 2 aromatic rings. The van der Waals surface area contributed by atoms with Crippen LogP contribution >= 0.6 is 0 Å². The molecule has 9 heteroatoms. The van der Waals surface area contributed by atoms with Crippen LogP contribution in [-0.2, 0) is 32.5 Å². The van der Waals surface area contributed by atoms with Gasteiger partial charge >= 0.3 is 5.97 Å². The van der Waals surface area contributed by atoms with Crippen LogP contribution in [-0.4, -0.2) is 68.0 Å². The molecule has 3 aliphatic heterocycles. The van der Waals surface area contributed by atoms with Gasteiger partial charge in [-0.25, -0.2) is 0 Å². The number of carbonyl (C=O) groups is 1. The quantitative estimate of drug-likeness (QED) is 0.302. The second-order valence-electron chi connectivity index (χ2n) is 12.6. The van der Waals surface area contributed by atoms with Crippen LogP contribution in [0.15, 0.2) is 40.2 Å². The Morgan fingerprint density at radius 1 is 1.12 bits per heavy atom. The van der Waals surface area contributed by atoms with E-state index in [4.69, 9.17) is 23.9 Å². The molecule has 3 aliphatic rings. The van der Waals surface area contributed by atoms with Crippen LogP contribution in [0.1, 0.15) is 62.6 Å². The highest BCUT2D eigenvalue weighted by molar-refractivity contribution is 6.04. The number of nitrogens with one attached hydrogen (secondary N) is 1. The van der Waals surface area contributed by atoms with Gasteiger partial charge in [0.15, 0.2) is 0 Å². The lowest BCUT2D eigenvalue weighted by molar-refractivity contribution is -0.152. The van der Waals surface area contributed by atoms with E-state index in [0.717, 1.165) is 80.0 Å². The predicted molar refractivity (Wildman–Crippen MR) is 166 cm³/mol. The maximum Gasteiger partial charge on any atom is 0.323 e. The summed E-state index contributed by atoms with van der Waals surface area (Å²) in [4.78, 5) is 30.4. The SMILES string of the molecule is Cc1cc(C2=Nc3ccc(OCCN[C@H](C(=O)O[C@H]4CCOC4)C(C)C)cc3CC[C@H]2CC2CCOCC2)cn(C)c1=O. The fraction of sp³-hybridized carbons (Fsp3) is 0.618. The second-order valence-corrected chi connectivity index (χ2v) is 12.6. The van der Waals surface area contributed by atoms with Crippen molar-refractivity contribution in [2.24, 2.45) is 29.8 Å². The van der Waals surface area contributed by atoms with Crippen molar-refractivity contribution in [1.82, 2.24) is 9.88 Å². The maximum atomic E-state index is 12.7. The Kier molecular flexibility index (Phi) is 10.7. The molecule has 0 aliphatic carbocycles. The third-order valence-corrected chi connectivity index (χ3v) is 8.88. The standard InChI is InChI=1S/C34H47N3O6/c1-22(2)31(34(39)43-29-11-15-41-21-29)35-12-16-42-28-7-8-30-25(19-28)5-6-26(18-24-9-13-40-14-10-24)32(36-30)27-17-23(3)33(38)37(4)20-27/h7-8,17,19-20,22,24,26,29,31,35H,5-6,9-16,18,21H2,1-4H3/t26-,29-,31-/m0/s1. The summed E-state index contributed by atoms with van der Waals surface area (Å²) in [6.45, 7) is 9.63. The van der Waals surface area contributed by atoms with E-state index in [0.29, 0.717) is 38.2 Å². The van der Waals surface area contributed by atoms with Crippen LogP contribution in [0.25, 0.3) is 0 Å². The first-order valence-corrected chi connectivity index (χ1v) is 15.9. The van der Waals surface area contributed by atoms with E-state index in [1.807, 2.05) is 52.2 Å². The summed E-state index contributed by atoms with van der Waals surface area (Å²) in [6, 6.07) is 7.72. The van der Waals surface area contributed by atoms with Crippen LogP contribution in [0.5, 0.6) is 5.75 Å². The van der Waals surface area contributed by atoms with Gasteiger partial charge in [0.05, 0.1) is 24.6 Å². The predicted octanol–water partition coefficient (Wildman–Crippen LogP) is 4.52. The van der Waals surface area contributed by atoms with Crippen molar-refractivity contribution in [3.05, 3.63) is 57.5 Å². The lowest BCUT2D eigenvalue weighted by Gasteiger charge is -2.27. The van der Waals surface area contributed by atoms with Gasteiger partial charge in [0.1, 0.15) is 24.5 Å². The number of benzene rings is 1. The average molecular weight is 594 g/mol. The van der Waals surface area contributed by atoms with Gasteiger partial charge in [-0.05, 0) is 80.7 Å². The Balaban J connectivity index is 1.26. The largest absolute Gasteiger partial charge is 0.492 e. The van der Waals surface area contributed by atoms with Crippen molar-refractivity contribution in [3.8, 4) is 5.75 Å². The van der Waals surface area contributed by atoms with E-state index in [2.05, 4.69) is 11.4 Å². The zero-order valence-corrected chi connectivity index (χ0v) is 26.1. The van der Waals surface area contributed by atoms with Crippen LogP contribution in [0, 0.1) is 24.7 Å². The van der Waals surface area contributed by atoms with E-state index >= 15 is 0 Å². The van der Waals surface area contributed by atoms with Gasteiger partial charge in [-0.3, -0.25) is 14.6 Å². The zero-order chi connectivity index (χ0) is 30.3. The van der Waals surface area contributed by atoms with E-state index < -0.39 is 6.04 Å². The molecule has 1 aromatic heterocycles. The van der Waals surface area contributed by atoms with Gasteiger partial charge in [0, 0.05) is 56.5 Å². The third kappa shape index (κ3) is 8.13. The minimum absolute atomic E-state index is 0.0238. The molecule has 5 rings (SSSR count). The number of rotatable bonds is 11. The second kappa shape index (κ2) is 14.6. The smallest absolute Gasteiger partial charge is 0.323 e.